The van der Waals surface area contributed by atoms with Crippen molar-refractivity contribution >= 4 is 11.7 Å². The standard InChI is InChI=1S/C15H29N3O2/c1-13(2)7-10(8-14(3,4)9-13)17-12(19)15(5,6)11(16)18-20/h10,20H,7-9H2,1-6H3,(H2,16,18)(H,17,19). The lowest BCUT2D eigenvalue weighted by Crippen LogP contribution is -2.52. The fourth-order valence-corrected chi connectivity index (χ4v) is 3.56. The Bertz CT molecular complexity index is 395. The van der Waals surface area contributed by atoms with Crippen LogP contribution >= 0.6 is 0 Å². The molecule has 0 unspecified atom stereocenters. The van der Waals surface area contributed by atoms with Crippen LogP contribution in [0.4, 0.5) is 0 Å². The number of carbonyl (C=O) groups is 1. The molecule has 0 bridgehead atoms. The van der Waals surface area contributed by atoms with E-state index in [2.05, 4.69) is 38.2 Å². The highest BCUT2D eigenvalue weighted by Gasteiger charge is 2.41. The summed E-state index contributed by atoms with van der Waals surface area (Å²) in [7, 11) is 0. The summed E-state index contributed by atoms with van der Waals surface area (Å²) in [5.41, 5.74) is 5.02. The highest BCUT2D eigenvalue weighted by Crippen LogP contribution is 2.45. The van der Waals surface area contributed by atoms with E-state index in [0.29, 0.717) is 0 Å². The molecule has 0 aliphatic heterocycles. The Morgan fingerprint density at radius 2 is 1.70 bits per heavy atom. The summed E-state index contributed by atoms with van der Waals surface area (Å²) in [4.78, 5) is 12.4. The van der Waals surface area contributed by atoms with Gasteiger partial charge < -0.3 is 16.3 Å². The predicted octanol–water partition coefficient (Wildman–Crippen LogP) is 2.48. The average molecular weight is 283 g/mol. The molecule has 0 radical (unpaired) electrons. The first-order chi connectivity index (χ1) is 8.89. The molecular weight excluding hydrogens is 254 g/mol. The van der Waals surface area contributed by atoms with Crippen LogP contribution in [0, 0.1) is 16.2 Å². The molecule has 5 heteroatoms. The van der Waals surface area contributed by atoms with E-state index >= 15 is 0 Å². The van der Waals surface area contributed by atoms with E-state index in [0.717, 1.165) is 19.3 Å². The van der Waals surface area contributed by atoms with Gasteiger partial charge in [-0.2, -0.15) is 0 Å². The molecule has 0 aromatic rings. The molecule has 0 heterocycles. The van der Waals surface area contributed by atoms with Gasteiger partial charge in [0.1, 0.15) is 5.41 Å². The summed E-state index contributed by atoms with van der Waals surface area (Å²) in [5.74, 6) is -0.254. The predicted molar refractivity (Wildman–Crippen MR) is 80.5 cm³/mol. The van der Waals surface area contributed by atoms with E-state index < -0.39 is 5.41 Å². The first-order valence-corrected chi connectivity index (χ1v) is 7.19. The Balaban J connectivity index is 2.81. The number of nitrogens with two attached hydrogens (primary N) is 1. The number of amidine groups is 1. The van der Waals surface area contributed by atoms with Crippen LogP contribution in [0.25, 0.3) is 0 Å². The number of amides is 1. The smallest absolute Gasteiger partial charge is 0.233 e. The summed E-state index contributed by atoms with van der Waals surface area (Å²) in [6, 6.07) is 0.131. The first-order valence-electron chi connectivity index (χ1n) is 7.19. The van der Waals surface area contributed by atoms with E-state index in [1.807, 2.05) is 0 Å². The molecule has 0 spiro atoms. The Morgan fingerprint density at radius 3 is 2.10 bits per heavy atom. The summed E-state index contributed by atoms with van der Waals surface area (Å²) in [6.45, 7) is 12.3. The SMILES string of the molecule is CC1(C)CC(NC(=O)C(C)(C)C(N)=NO)CC(C)(C)C1. The summed E-state index contributed by atoms with van der Waals surface area (Å²) < 4.78 is 0. The van der Waals surface area contributed by atoms with Gasteiger partial charge in [-0.05, 0) is 43.9 Å². The van der Waals surface area contributed by atoms with Crippen molar-refractivity contribution in [3.8, 4) is 0 Å². The third kappa shape index (κ3) is 3.87. The fraction of sp³-hybridized carbons (Fsp3) is 0.867. The van der Waals surface area contributed by atoms with Crippen molar-refractivity contribution in [2.75, 3.05) is 0 Å². The van der Waals surface area contributed by atoms with Crippen molar-refractivity contribution in [3.05, 3.63) is 0 Å². The van der Waals surface area contributed by atoms with Gasteiger partial charge in [0.15, 0.2) is 5.84 Å². The molecule has 0 aromatic carbocycles. The van der Waals surface area contributed by atoms with Crippen molar-refractivity contribution in [2.45, 2.75) is 66.8 Å². The van der Waals surface area contributed by atoms with Gasteiger partial charge in [-0.1, -0.05) is 32.9 Å². The third-order valence-corrected chi connectivity index (χ3v) is 4.21. The van der Waals surface area contributed by atoms with Gasteiger partial charge in [0.05, 0.1) is 0 Å². The Labute approximate surface area is 122 Å². The maximum absolute atomic E-state index is 12.4. The molecule has 0 atom stereocenters. The number of hydrogen-bond donors (Lipinski definition) is 3. The normalized spacial score (nSPS) is 23.4. The van der Waals surface area contributed by atoms with E-state index in [4.69, 9.17) is 10.9 Å². The Hall–Kier alpha value is -1.26. The van der Waals surface area contributed by atoms with Gasteiger partial charge in [-0.15, -0.1) is 0 Å². The monoisotopic (exact) mass is 283 g/mol. The molecule has 1 amide bonds. The molecule has 1 aliphatic carbocycles. The van der Waals surface area contributed by atoms with Crippen LogP contribution in [-0.2, 0) is 4.79 Å². The minimum absolute atomic E-state index is 0.0654. The van der Waals surface area contributed by atoms with Gasteiger partial charge in [0, 0.05) is 6.04 Å². The number of rotatable bonds is 3. The highest BCUT2D eigenvalue weighted by molar-refractivity contribution is 6.05. The molecule has 0 saturated heterocycles. The minimum Gasteiger partial charge on any atom is -0.409 e. The molecule has 5 nitrogen and oxygen atoms in total. The number of nitrogens with one attached hydrogen (secondary N) is 1. The molecular formula is C15H29N3O2. The number of carbonyl (C=O) groups excluding carboxylic acids is 1. The Kier molecular flexibility index (Phi) is 4.42. The number of oxime groups is 1. The zero-order valence-electron chi connectivity index (χ0n) is 13.6. The van der Waals surface area contributed by atoms with Crippen molar-refractivity contribution in [1.29, 1.82) is 0 Å². The van der Waals surface area contributed by atoms with Crippen LogP contribution in [0.2, 0.25) is 0 Å². The first kappa shape index (κ1) is 16.8. The van der Waals surface area contributed by atoms with Crippen molar-refractivity contribution < 1.29 is 10.0 Å². The van der Waals surface area contributed by atoms with Crippen LogP contribution in [0.5, 0.6) is 0 Å². The van der Waals surface area contributed by atoms with E-state index in [9.17, 15) is 4.79 Å². The largest absolute Gasteiger partial charge is 0.409 e. The van der Waals surface area contributed by atoms with E-state index in [-0.39, 0.29) is 28.6 Å². The molecule has 116 valence electrons. The lowest BCUT2D eigenvalue weighted by atomic mass is 9.63. The maximum atomic E-state index is 12.4. The second-order valence-corrected chi connectivity index (χ2v) is 8.19. The molecule has 1 rings (SSSR count). The van der Waals surface area contributed by atoms with Crippen molar-refractivity contribution in [1.82, 2.24) is 5.32 Å². The third-order valence-electron chi connectivity index (χ3n) is 4.21. The lowest BCUT2D eigenvalue weighted by Gasteiger charge is -2.45. The molecule has 1 fully saturated rings. The molecule has 0 aromatic heterocycles. The molecule has 20 heavy (non-hydrogen) atoms. The van der Waals surface area contributed by atoms with Gasteiger partial charge in [-0.25, -0.2) is 0 Å². The molecule has 4 N–H and O–H groups in total. The zero-order valence-corrected chi connectivity index (χ0v) is 13.6. The van der Waals surface area contributed by atoms with E-state index in [1.54, 1.807) is 13.8 Å². The molecule has 1 saturated carbocycles. The topological polar surface area (TPSA) is 87.7 Å². The van der Waals surface area contributed by atoms with Crippen LogP contribution in [0.15, 0.2) is 5.16 Å². The van der Waals surface area contributed by atoms with Gasteiger partial charge in [-0.3, -0.25) is 4.79 Å². The van der Waals surface area contributed by atoms with E-state index in [1.165, 1.54) is 0 Å². The van der Waals surface area contributed by atoms with Crippen molar-refractivity contribution in [2.24, 2.45) is 27.1 Å². The maximum Gasteiger partial charge on any atom is 0.233 e. The average Bonchev–Trinajstić information content (AvgIpc) is 2.23. The zero-order chi connectivity index (χ0) is 15.8. The summed E-state index contributed by atoms with van der Waals surface area (Å²) in [6.07, 6.45) is 3.05. The highest BCUT2D eigenvalue weighted by atomic mass is 16.4. The van der Waals surface area contributed by atoms with Gasteiger partial charge >= 0.3 is 0 Å². The second kappa shape index (κ2) is 5.26. The minimum atomic E-state index is -1.000. The van der Waals surface area contributed by atoms with Crippen LogP contribution in [0.1, 0.15) is 60.8 Å². The van der Waals surface area contributed by atoms with Crippen molar-refractivity contribution in [3.63, 3.8) is 0 Å². The summed E-state index contributed by atoms with van der Waals surface area (Å²) >= 11 is 0. The van der Waals surface area contributed by atoms with Gasteiger partial charge in [0.25, 0.3) is 0 Å². The molecule has 1 aliphatic rings. The second-order valence-electron chi connectivity index (χ2n) is 8.19. The lowest BCUT2D eigenvalue weighted by molar-refractivity contribution is -0.128. The van der Waals surface area contributed by atoms with Gasteiger partial charge in [0.2, 0.25) is 5.91 Å². The van der Waals surface area contributed by atoms with Crippen LogP contribution in [-0.4, -0.2) is 23.0 Å². The fourth-order valence-electron chi connectivity index (χ4n) is 3.56. The number of hydrogen-bond acceptors (Lipinski definition) is 3. The Morgan fingerprint density at radius 1 is 1.25 bits per heavy atom. The quantitative estimate of drug-likeness (QED) is 0.322. The van der Waals surface area contributed by atoms with Crippen LogP contribution in [0.3, 0.4) is 0 Å². The summed E-state index contributed by atoms with van der Waals surface area (Å²) in [5, 5.41) is 14.8. The number of nitrogens with zero attached hydrogens (tertiary/aromatic N) is 1. The van der Waals surface area contributed by atoms with Crippen LogP contribution < -0.4 is 11.1 Å².